The Labute approximate surface area is 109 Å². The molecule has 3 N–H and O–H groups in total. The third-order valence-electron chi connectivity index (χ3n) is 3.44. The fourth-order valence-corrected chi connectivity index (χ4v) is 2.36. The number of rotatable bonds is 5. The van der Waals surface area contributed by atoms with Gasteiger partial charge in [-0.05, 0) is 5.56 Å². The smallest absolute Gasteiger partial charge is 0.0595 e. The highest BCUT2D eigenvalue weighted by molar-refractivity contribution is 5.14. The van der Waals surface area contributed by atoms with Crippen LogP contribution in [0.1, 0.15) is 5.56 Å². The molecule has 0 radical (unpaired) electrons. The van der Waals surface area contributed by atoms with Crippen LogP contribution in [0.4, 0.5) is 0 Å². The fraction of sp³-hybridized carbons (Fsp3) is 0.571. The molecule has 0 saturated carbocycles. The Morgan fingerprint density at radius 2 is 1.67 bits per heavy atom. The van der Waals surface area contributed by atoms with Gasteiger partial charge in [0.2, 0.25) is 0 Å². The number of piperazine rings is 1. The van der Waals surface area contributed by atoms with Crippen LogP contribution in [0.2, 0.25) is 0 Å². The molecule has 18 heavy (non-hydrogen) atoms. The molecule has 4 nitrogen and oxygen atoms in total. The van der Waals surface area contributed by atoms with Gasteiger partial charge in [-0.25, -0.2) is 0 Å². The van der Waals surface area contributed by atoms with Crippen LogP contribution in [0, 0.1) is 0 Å². The van der Waals surface area contributed by atoms with Crippen molar-refractivity contribution in [1.82, 2.24) is 9.80 Å². The van der Waals surface area contributed by atoms with Gasteiger partial charge in [0.1, 0.15) is 0 Å². The predicted octanol–water partition coefficient (Wildman–Crippen LogP) is 0.124. The Morgan fingerprint density at radius 1 is 1.06 bits per heavy atom. The average Bonchev–Trinajstić information content (AvgIpc) is 2.42. The molecule has 1 atom stereocenters. The van der Waals surface area contributed by atoms with E-state index in [1.165, 1.54) is 5.56 Å². The maximum Gasteiger partial charge on any atom is 0.0595 e. The van der Waals surface area contributed by atoms with Gasteiger partial charge < -0.3 is 10.8 Å². The molecule has 100 valence electrons. The topological polar surface area (TPSA) is 52.7 Å². The van der Waals surface area contributed by atoms with Crippen LogP contribution >= 0.6 is 0 Å². The van der Waals surface area contributed by atoms with Crippen molar-refractivity contribution in [3.63, 3.8) is 0 Å². The van der Waals surface area contributed by atoms with Gasteiger partial charge in [0.25, 0.3) is 0 Å². The van der Waals surface area contributed by atoms with E-state index in [2.05, 4.69) is 40.1 Å². The zero-order valence-corrected chi connectivity index (χ0v) is 10.8. The Morgan fingerprint density at radius 3 is 2.28 bits per heavy atom. The van der Waals surface area contributed by atoms with Gasteiger partial charge in [-0.15, -0.1) is 0 Å². The van der Waals surface area contributed by atoms with E-state index in [0.29, 0.717) is 0 Å². The van der Waals surface area contributed by atoms with E-state index >= 15 is 0 Å². The summed E-state index contributed by atoms with van der Waals surface area (Å²) in [5.74, 6) is 0. The first kappa shape index (κ1) is 13.5. The molecule has 0 bridgehead atoms. The van der Waals surface area contributed by atoms with E-state index in [9.17, 15) is 0 Å². The minimum absolute atomic E-state index is 0.0736. The lowest BCUT2D eigenvalue weighted by atomic mass is 10.2. The standard InChI is InChI=1S/C14H23N3O/c15-14(12-18)11-17-8-6-16(7-9-17)10-13-4-2-1-3-5-13/h1-5,14,18H,6-12,15H2. The van der Waals surface area contributed by atoms with E-state index in [-0.39, 0.29) is 12.6 Å². The van der Waals surface area contributed by atoms with Crippen LogP contribution in [0.3, 0.4) is 0 Å². The van der Waals surface area contributed by atoms with Crippen LogP contribution in [0.5, 0.6) is 0 Å². The third kappa shape index (κ3) is 4.07. The summed E-state index contributed by atoms with van der Waals surface area (Å²) in [5.41, 5.74) is 7.13. The van der Waals surface area contributed by atoms with E-state index < -0.39 is 0 Å². The van der Waals surface area contributed by atoms with Crippen molar-refractivity contribution in [2.24, 2.45) is 5.73 Å². The van der Waals surface area contributed by atoms with E-state index in [1.54, 1.807) is 0 Å². The van der Waals surface area contributed by atoms with Crippen molar-refractivity contribution in [2.75, 3.05) is 39.3 Å². The van der Waals surface area contributed by atoms with Crippen molar-refractivity contribution < 1.29 is 5.11 Å². The number of aliphatic hydroxyl groups excluding tert-OH is 1. The number of nitrogens with zero attached hydrogens (tertiary/aromatic N) is 2. The Kier molecular flexibility index (Phi) is 5.13. The molecular formula is C14H23N3O. The Bertz CT molecular complexity index is 336. The molecule has 2 rings (SSSR count). The third-order valence-corrected chi connectivity index (χ3v) is 3.44. The fourth-order valence-electron chi connectivity index (χ4n) is 2.36. The molecule has 0 aromatic heterocycles. The van der Waals surface area contributed by atoms with Crippen molar-refractivity contribution in [3.05, 3.63) is 35.9 Å². The quantitative estimate of drug-likeness (QED) is 0.778. The van der Waals surface area contributed by atoms with Gasteiger partial charge in [0.15, 0.2) is 0 Å². The summed E-state index contributed by atoms with van der Waals surface area (Å²) in [4.78, 5) is 4.80. The van der Waals surface area contributed by atoms with E-state index in [1.807, 2.05) is 0 Å². The van der Waals surface area contributed by atoms with Crippen LogP contribution in [-0.2, 0) is 6.54 Å². The number of benzene rings is 1. The second-order valence-electron chi connectivity index (χ2n) is 5.01. The SMILES string of the molecule is NC(CO)CN1CCN(Cc2ccccc2)CC1. The maximum atomic E-state index is 8.95. The minimum atomic E-state index is -0.106. The molecule has 1 aliphatic heterocycles. The summed E-state index contributed by atoms with van der Waals surface area (Å²) in [6, 6.07) is 10.5. The maximum absolute atomic E-state index is 8.95. The lowest BCUT2D eigenvalue weighted by Crippen LogP contribution is -2.50. The molecule has 1 fully saturated rings. The Balaban J connectivity index is 1.73. The zero-order chi connectivity index (χ0) is 12.8. The molecule has 4 heteroatoms. The largest absolute Gasteiger partial charge is 0.395 e. The highest BCUT2D eigenvalue weighted by Gasteiger charge is 2.18. The molecule has 1 heterocycles. The predicted molar refractivity (Wildman–Crippen MR) is 73.2 cm³/mol. The average molecular weight is 249 g/mol. The summed E-state index contributed by atoms with van der Waals surface area (Å²) in [5, 5.41) is 8.95. The van der Waals surface area contributed by atoms with Crippen molar-refractivity contribution >= 4 is 0 Å². The zero-order valence-electron chi connectivity index (χ0n) is 10.8. The summed E-state index contributed by atoms with van der Waals surface area (Å²) >= 11 is 0. The molecule has 1 saturated heterocycles. The van der Waals surface area contributed by atoms with Crippen LogP contribution in [0.15, 0.2) is 30.3 Å². The second-order valence-corrected chi connectivity index (χ2v) is 5.01. The van der Waals surface area contributed by atoms with Gasteiger partial charge in [-0.2, -0.15) is 0 Å². The first-order valence-electron chi connectivity index (χ1n) is 6.63. The van der Waals surface area contributed by atoms with Crippen molar-refractivity contribution in [1.29, 1.82) is 0 Å². The number of nitrogens with two attached hydrogens (primary N) is 1. The Hall–Kier alpha value is -0.940. The van der Waals surface area contributed by atoms with Gasteiger partial charge in [0.05, 0.1) is 6.61 Å². The minimum Gasteiger partial charge on any atom is -0.395 e. The molecule has 1 aromatic carbocycles. The van der Waals surface area contributed by atoms with Gasteiger partial charge in [-0.1, -0.05) is 30.3 Å². The number of aliphatic hydroxyl groups is 1. The van der Waals surface area contributed by atoms with E-state index in [4.69, 9.17) is 10.8 Å². The summed E-state index contributed by atoms with van der Waals surface area (Å²) in [6.07, 6.45) is 0. The number of hydrogen-bond acceptors (Lipinski definition) is 4. The van der Waals surface area contributed by atoms with Crippen LogP contribution in [-0.4, -0.2) is 60.3 Å². The van der Waals surface area contributed by atoms with Crippen molar-refractivity contribution in [2.45, 2.75) is 12.6 Å². The van der Waals surface area contributed by atoms with Crippen LogP contribution in [0.25, 0.3) is 0 Å². The van der Waals surface area contributed by atoms with Gasteiger partial charge in [0, 0.05) is 45.3 Å². The lowest BCUT2D eigenvalue weighted by molar-refractivity contribution is 0.113. The normalized spacial score (nSPS) is 19.9. The molecular weight excluding hydrogens is 226 g/mol. The van der Waals surface area contributed by atoms with Crippen molar-refractivity contribution in [3.8, 4) is 0 Å². The highest BCUT2D eigenvalue weighted by atomic mass is 16.3. The first-order valence-corrected chi connectivity index (χ1v) is 6.63. The molecule has 1 unspecified atom stereocenters. The molecule has 1 aromatic rings. The first-order chi connectivity index (χ1) is 8.78. The van der Waals surface area contributed by atoms with Crippen LogP contribution < -0.4 is 5.73 Å². The molecule has 0 spiro atoms. The van der Waals surface area contributed by atoms with Gasteiger partial charge >= 0.3 is 0 Å². The molecule has 0 aliphatic carbocycles. The highest BCUT2D eigenvalue weighted by Crippen LogP contribution is 2.08. The van der Waals surface area contributed by atoms with Gasteiger partial charge in [-0.3, -0.25) is 9.80 Å². The lowest BCUT2D eigenvalue weighted by Gasteiger charge is -2.35. The summed E-state index contributed by atoms with van der Waals surface area (Å²) in [7, 11) is 0. The van der Waals surface area contributed by atoms with E-state index in [0.717, 1.165) is 39.3 Å². The summed E-state index contributed by atoms with van der Waals surface area (Å²) in [6.45, 7) is 6.14. The summed E-state index contributed by atoms with van der Waals surface area (Å²) < 4.78 is 0. The molecule has 0 amide bonds. The second kappa shape index (κ2) is 6.85. The molecule has 1 aliphatic rings. The number of hydrogen-bond donors (Lipinski definition) is 2. The monoisotopic (exact) mass is 249 g/mol.